The van der Waals surface area contributed by atoms with Crippen LogP contribution < -0.4 is 5.32 Å². The van der Waals surface area contributed by atoms with Gasteiger partial charge in [0.15, 0.2) is 0 Å². The van der Waals surface area contributed by atoms with Crippen molar-refractivity contribution in [2.45, 2.75) is 39.2 Å². The van der Waals surface area contributed by atoms with Gasteiger partial charge in [-0.15, -0.1) is 0 Å². The first-order chi connectivity index (χ1) is 10.9. The third kappa shape index (κ3) is 5.73. The van der Waals surface area contributed by atoms with E-state index >= 15 is 0 Å². The molecule has 6 heteroatoms. The van der Waals surface area contributed by atoms with Crippen LogP contribution in [0.15, 0.2) is 18.2 Å². The van der Waals surface area contributed by atoms with Gasteiger partial charge in [0.1, 0.15) is 6.04 Å². The van der Waals surface area contributed by atoms with E-state index in [9.17, 15) is 14.4 Å². The molecule has 0 aliphatic heterocycles. The van der Waals surface area contributed by atoms with Crippen LogP contribution in [-0.2, 0) is 30.3 Å². The number of aryl methyl sites for hydroxylation is 2. The average molecular weight is 321 g/mol. The molecule has 0 bridgehead atoms. The monoisotopic (exact) mass is 321 g/mol. The topological polar surface area (TPSA) is 81.7 Å². The molecule has 1 N–H and O–H groups in total. The molecule has 0 spiro atoms. The summed E-state index contributed by atoms with van der Waals surface area (Å²) in [6.07, 6.45) is 0.279. The number of carbonyl (C=O) groups excluding carboxylic acids is 3. The zero-order valence-electron chi connectivity index (χ0n) is 14.0. The summed E-state index contributed by atoms with van der Waals surface area (Å²) in [5.41, 5.74) is 3.08. The Balaban J connectivity index is 2.79. The molecule has 1 rings (SSSR count). The SMILES string of the molecule is COC(=O)CCC(=O)N[C@H](Cc1c(C)cccc1C)C(=O)OC. The summed E-state index contributed by atoms with van der Waals surface area (Å²) in [6.45, 7) is 3.91. The third-order valence-electron chi connectivity index (χ3n) is 3.66. The zero-order valence-corrected chi connectivity index (χ0v) is 14.0. The van der Waals surface area contributed by atoms with Crippen molar-refractivity contribution in [1.82, 2.24) is 5.32 Å². The van der Waals surface area contributed by atoms with Crippen molar-refractivity contribution in [3.8, 4) is 0 Å². The molecule has 0 radical (unpaired) electrons. The van der Waals surface area contributed by atoms with Gasteiger partial charge in [-0.2, -0.15) is 0 Å². The molecule has 23 heavy (non-hydrogen) atoms. The van der Waals surface area contributed by atoms with E-state index in [-0.39, 0.29) is 12.8 Å². The molecule has 1 amide bonds. The van der Waals surface area contributed by atoms with E-state index in [0.29, 0.717) is 6.42 Å². The van der Waals surface area contributed by atoms with E-state index in [2.05, 4.69) is 10.1 Å². The fraction of sp³-hybridized carbons (Fsp3) is 0.471. The summed E-state index contributed by atoms with van der Waals surface area (Å²) < 4.78 is 9.26. The molecule has 0 unspecified atom stereocenters. The lowest BCUT2D eigenvalue weighted by atomic mass is 9.96. The van der Waals surface area contributed by atoms with Crippen LogP contribution in [0.25, 0.3) is 0 Å². The number of amides is 1. The predicted molar refractivity (Wildman–Crippen MR) is 84.8 cm³/mol. The summed E-state index contributed by atoms with van der Waals surface area (Å²) in [6, 6.07) is 5.06. The molecular weight excluding hydrogens is 298 g/mol. The van der Waals surface area contributed by atoms with Gasteiger partial charge < -0.3 is 14.8 Å². The molecule has 1 aromatic carbocycles. The minimum absolute atomic E-state index is 0.0282. The number of esters is 2. The molecule has 0 saturated carbocycles. The van der Waals surface area contributed by atoms with Crippen LogP contribution in [0.5, 0.6) is 0 Å². The van der Waals surface area contributed by atoms with Crippen LogP contribution in [0.1, 0.15) is 29.5 Å². The van der Waals surface area contributed by atoms with Gasteiger partial charge in [0.25, 0.3) is 0 Å². The van der Waals surface area contributed by atoms with Crippen molar-refractivity contribution in [2.24, 2.45) is 0 Å². The molecule has 126 valence electrons. The summed E-state index contributed by atoms with van der Waals surface area (Å²) in [5.74, 6) is -1.37. The van der Waals surface area contributed by atoms with Gasteiger partial charge in [-0.3, -0.25) is 9.59 Å². The zero-order chi connectivity index (χ0) is 17.4. The Morgan fingerprint density at radius 2 is 1.65 bits per heavy atom. The maximum Gasteiger partial charge on any atom is 0.328 e. The van der Waals surface area contributed by atoms with Crippen LogP contribution in [0.2, 0.25) is 0 Å². The van der Waals surface area contributed by atoms with Crippen molar-refractivity contribution < 1.29 is 23.9 Å². The van der Waals surface area contributed by atoms with Gasteiger partial charge in [0, 0.05) is 12.8 Å². The van der Waals surface area contributed by atoms with E-state index in [1.54, 1.807) is 0 Å². The van der Waals surface area contributed by atoms with Crippen LogP contribution in [0.4, 0.5) is 0 Å². The Bertz CT molecular complexity index is 562. The summed E-state index contributed by atoms with van der Waals surface area (Å²) in [4.78, 5) is 34.9. The van der Waals surface area contributed by atoms with Crippen molar-refractivity contribution in [1.29, 1.82) is 0 Å². The first-order valence-corrected chi connectivity index (χ1v) is 7.38. The number of nitrogens with one attached hydrogen (secondary N) is 1. The van der Waals surface area contributed by atoms with E-state index in [0.717, 1.165) is 16.7 Å². The number of ether oxygens (including phenoxy) is 2. The molecule has 0 saturated heterocycles. The van der Waals surface area contributed by atoms with Crippen LogP contribution in [-0.4, -0.2) is 38.1 Å². The third-order valence-corrected chi connectivity index (χ3v) is 3.66. The maximum absolute atomic E-state index is 11.9. The van der Waals surface area contributed by atoms with Crippen molar-refractivity contribution in [3.63, 3.8) is 0 Å². The first kappa shape index (κ1) is 18.7. The number of carbonyl (C=O) groups is 3. The fourth-order valence-corrected chi connectivity index (χ4v) is 2.29. The molecule has 0 aromatic heterocycles. The lowest BCUT2D eigenvalue weighted by molar-refractivity contribution is -0.145. The molecule has 6 nitrogen and oxygen atoms in total. The second-order valence-electron chi connectivity index (χ2n) is 5.29. The number of methoxy groups -OCH3 is 2. The highest BCUT2D eigenvalue weighted by Crippen LogP contribution is 2.16. The maximum atomic E-state index is 11.9. The summed E-state index contributed by atoms with van der Waals surface area (Å²) in [7, 11) is 2.54. The van der Waals surface area contributed by atoms with Crippen molar-refractivity contribution in [3.05, 3.63) is 34.9 Å². The van der Waals surface area contributed by atoms with Crippen molar-refractivity contribution in [2.75, 3.05) is 14.2 Å². The van der Waals surface area contributed by atoms with Gasteiger partial charge >= 0.3 is 11.9 Å². The number of rotatable bonds is 7. The second kappa shape index (κ2) is 8.92. The molecule has 0 fully saturated rings. The smallest absolute Gasteiger partial charge is 0.328 e. The van der Waals surface area contributed by atoms with E-state index in [4.69, 9.17) is 4.74 Å². The highest BCUT2D eigenvalue weighted by molar-refractivity contribution is 5.86. The van der Waals surface area contributed by atoms with Gasteiger partial charge in [-0.25, -0.2) is 4.79 Å². The number of hydrogen-bond donors (Lipinski definition) is 1. The Hall–Kier alpha value is -2.37. The Kier molecular flexibility index (Phi) is 7.25. The van der Waals surface area contributed by atoms with Crippen LogP contribution >= 0.6 is 0 Å². The molecule has 0 aliphatic carbocycles. The number of benzene rings is 1. The van der Waals surface area contributed by atoms with Gasteiger partial charge in [0.2, 0.25) is 5.91 Å². The minimum atomic E-state index is -0.787. The molecule has 1 atom stereocenters. The van der Waals surface area contributed by atoms with Gasteiger partial charge in [-0.1, -0.05) is 18.2 Å². The lowest BCUT2D eigenvalue weighted by Crippen LogP contribution is -2.43. The van der Waals surface area contributed by atoms with Gasteiger partial charge in [-0.05, 0) is 30.5 Å². The Morgan fingerprint density at radius 3 is 2.17 bits per heavy atom. The predicted octanol–water partition coefficient (Wildman–Crippen LogP) is 1.46. The van der Waals surface area contributed by atoms with Crippen LogP contribution in [0.3, 0.4) is 0 Å². The van der Waals surface area contributed by atoms with Crippen molar-refractivity contribution >= 4 is 17.8 Å². The van der Waals surface area contributed by atoms with E-state index in [1.165, 1.54) is 14.2 Å². The quantitative estimate of drug-likeness (QED) is 0.769. The fourth-order valence-electron chi connectivity index (χ4n) is 2.29. The molecular formula is C17H23NO5. The largest absolute Gasteiger partial charge is 0.469 e. The lowest BCUT2D eigenvalue weighted by Gasteiger charge is -2.19. The molecule has 0 heterocycles. The Labute approximate surface area is 136 Å². The Morgan fingerprint density at radius 1 is 1.04 bits per heavy atom. The summed E-state index contributed by atoms with van der Waals surface area (Å²) in [5, 5.41) is 2.63. The van der Waals surface area contributed by atoms with Crippen LogP contribution in [0, 0.1) is 13.8 Å². The minimum Gasteiger partial charge on any atom is -0.469 e. The van der Waals surface area contributed by atoms with E-state index in [1.807, 2.05) is 32.0 Å². The van der Waals surface area contributed by atoms with E-state index < -0.39 is 23.9 Å². The standard InChI is InChI=1S/C17H23NO5/c1-11-6-5-7-12(2)13(11)10-14(17(21)23-4)18-15(19)8-9-16(20)22-3/h5-7,14H,8-10H2,1-4H3,(H,18,19)/t14-/m1/s1. The van der Waals surface area contributed by atoms with Gasteiger partial charge in [0.05, 0.1) is 20.6 Å². The summed E-state index contributed by atoms with van der Waals surface area (Å²) >= 11 is 0. The first-order valence-electron chi connectivity index (χ1n) is 7.38. The normalized spacial score (nSPS) is 11.5. The highest BCUT2D eigenvalue weighted by Gasteiger charge is 2.23. The molecule has 0 aliphatic rings. The average Bonchev–Trinajstić information content (AvgIpc) is 2.54. The molecule has 1 aromatic rings. The highest BCUT2D eigenvalue weighted by atomic mass is 16.5. The number of hydrogen-bond acceptors (Lipinski definition) is 5. The second-order valence-corrected chi connectivity index (χ2v) is 5.29.